The summed E-state index contributed by atoms with van der Waals surface area (Å²) in [5.74, 6) is 0.706. The van der Waals surface area contributed by atoms with Gasteiger partial charge in [0, 0.05) is 41.0 Å². The van der Waals surface area contributed by atoms with E-state index < -0.39 is 0 Å². The summed E-state index contributed by atoms with van der Waals surface area (Å²) >= 11 is 1.95. The van der Waals surface area contributed by atoms with Crippen LogP contribution in [0.2, 0.25) is 0 Å². The Morgan fingerprint density at radius 1 is 1.37 bits per heavy atom. The van der Waals surface area contributed by atoms with Gasteiger partial charge in [-0.3, -0.25) is 4.90 Å². The molecule has 0 aliphatic carbocycles. The SMILES string of the molecule is CCC1CNC(C(C)C)CN1C(C)c1ccc(C)s1. The first kappa shape index (κ1) is 15.0. The molecule has 0 amide bonds. The van der Waals surface area contributed by atoms with Crippen molar-refractivity contribution in [1.29, 1.82) is 0 Å². The number of nitrogens with zero attached hydrogens (tertiary/aromatic N) is 1. The normalized spacial score (nSPS) is 26.8. The topological polar surface area (TPSA) is 15.3 Å². The van der Waals surface area contributed by atoms with Crippen LogP contribution in [0.1, 0.15) is 49.9 Å². The number of nitrogens with one attached hydrogen (secondary N) is 1. The fourth-order valence-electron chi connectivity index (χ4n) is 2.99. The summed E-state index contributed by atoms with van der Waals surface area (Å²) in [5, 5.41) is 3.72. The first-order valence-corrected chi connectivity index (χ1v) is 8.40. The van der Waals surface area contributed by atoms with Crippen LogP contribution in [0.3, 0.4) is 0 Å². The van der Waals surface area contributed by atoms with Crippen LogP contribution >= 0.6 is 11.3 Å². The van der Waals surface area contributed by atoms with E-state index in [1.807, 2.05) is 11.3 Å². The van der Waals surface area contributed by atoms with Gasteiger partial charge in [0.1, 0.15) is 0 Å². The Labute approximate surface area is 122 Å². The Morgan fingerprint density at radius 3 is 2.63 bits per heavy atom. The predicted molar refractivity (Wildman–Crippen MR) is 84.9 cm³/mol. The van der Waals surface area contributed by atoms with Gasteiger partial charge in [-0.2, -0.15) is 0 Å². The Hall–Kier alpha value is -0.380. The number of hydrogen-bond donors (Lipinski definition) is 1. The largest absolute Gasteiger partial charge is 0.311 e. The maximum atomic E-state index is 3.72. The van der Waals surface area contributed by atoms with Crippen molar-refractivity contribution in [1.82, 2.24) is 10.2 Å². The molecule has 0 spiro atoms. The number of thiophene rings is 1. The molecule has 1 fully saturated rings. The van der Waals surface area contributed by atoms with Gasteiger partial charge in [-0.15, -0.1) is 11.3 Å². The fraction of sp³-hybridized carbons (Fsp3) is 0.750. The zero-order valence-corrected chi connectivity index (χ0v) is 13.8. The summed E-state index contributed by atoms with van der Waals surface area (Å²) in [6, 6.07) is 6.41. The van der Waals surface area contributed by atoms with Crippen LogP contribution in [0.5, 0.6) is 0 Å². The van der Waals surface area contributed by atoms with Gasteiger partial charge in [-0.1, -0.05) is 20.8 Å². The molecule has 0 aromatic carbocycles. The zero-order chi connectivity index (χ0) is 14.0. The molecule has 0 radical (unpaired) electrons. The summed E-state index contributed by atoms with van der Waals surface area (Å²) in [7, 11) is 0. The molecule has 3 unspecified atom stereocenters. The van der Waals surface area contributed by atoms with Crippen molar-refractivity contribution >= 4 is 11.3 Å². The lowest BCUT2D eigenvalue weighted by molar-refractivity contribution is 0.0750. The Kier molecular flexibility index (Phi) is 5.04. The van der Waals surface area contributed by atoms with Crippen LogP contribution in [-0.4, -0.2) is 30.1 Å². The number of aryl methyl sites for hydroxylation is 1. The van der Waals surface area contributed by atoms with Gasteiger partial charge >= 0.3 is 0 Å². The fourth-order valence-corrected chi connectivity index (χ4v) is 3.94. The number of rotatable bonds is 4. The molecular weight excluding hydrogens is 252 g/mol. The van der Waals surface area contributed by atoms with Crippen LogP contribution in [0.15, 0.2) is 12.1 Å². The molecule has 1 aliphatic rings. The molecule has 1 saturated heterocycles. The predicted octanol–water partition coefficient (Wildman–Crippen LogP) is 3.83. The minimum atomic E-state index is 0.548. The molecule has 1 N–H and O–H groups in total. The van der Waals surface area contributed by atoms with E-state index in [-0.39, 0.29) is 0 Å². The lowest BCUT2D eigenvalue weighted by Gasteiger charge is -2.44. The van der Waals surface area contributed by atoms with Crippen LogP contribution in [-0.2, 0) is 0 Å². The molecule has 0 bridgehead atoms. The highest BCUT2D eigenvalue weighted by molar-refractivity contribution is 7.12. The highest BCUT2D eigenvalue weighted by Crippen LogP contribution is 2.31. The summed E-state index contributed by atoms with van der Waals surface area (Å²) in [6.45, 7) is 13.8. The first-order chi connectivity index (χ1) is 9.02. The lowest BCUT2D eigenvalue weighted by atomic mass is 9.96. The van der Waals surface area contributed by atoms with E-state index in [4.69, 9.17) is 0 Å². The van der Waals surface area contributed by atoms with E-state index >= 15 is 0 Å². The highest BCUT2D eigenvalue weighted by atomic mass is 32.1. The molecule has 0 saturated carbocycles. The molecule has 1 aromatic rings. The minimum absolute atomic E-state index is 0.548. The third-order valence-electron chi connectivity index (χ3n) is 4.44. The van der Waals surface area contributed by atoms with Crippen LogP contribution < -0.4 is 5.32 Å². The van der Waals surface area contributed by atoms with Crippen molar-refractivity contribution in [2.45, 2.75) is 59.2 Å². The average molecular weight is 280 g/mol. The van der Waals surface area contributed by atoms with Crippen molar-refractivity contribution < 1.29 is 0 Å². The van der Waals surface area contributed by atoms with Crippen LogP contribution in [0, 0.1) is 12.8 Å². The van der Waals surface area contributed by atoms with E-state index in [1.54, 1.807) is 0 Å². The molecule has 1 aliphatic heterocycles. The summed E-state index contributed by atoms with van der Waals surface area (Å²) < 4.78 is 0. The van der Waals surface area contributed by atoms with E-state index in [0.717, 1.165) is 6.54 Å². The Morgan fingerprint density at radius 2 is 2.11 bits per heavy atom. The summed E-state index contributed by atoms with van der Waals surface area (Å²) in [6.07, 6.45) is 1.23. The second kappa shape index (κ2) is 6.38. The van der Waals surface area contributed by atoms with Crippen molar-refractivity contribution in [3.8, 4) is 0 Å². The second-order valence-electron chi connectivity index (χ2n) is 6.14. The van der Waals surface area contributed by atoms with Gasteiger partial charge in [0.15, 0.2) is 0 Å². The second-order valence-corrected chi connectivity index (χ2v) is 7.46. The van der Waals surface area contributed by atoms with Crippen molar-refractivity contribution in [3.63, 3.8) is 0 Å². The van der Waals surface area contributed by atoms with Crippen LogP contribution in [0.4, 0.5) is 0 Å². The van der Waals surface area contributed by atoms with Gasteiger partial charge in [-0.25, -0.2) is 0 Å². The number of hydrogen-bond acceptors (Lipinski definition) is 3. The third kappa shape index (κ3) is 3.39. The zero-order valence-electron chi connectivity index (χ0n) is 12.9. The molecular formula is C16H28N2S. The number of piperazine rings is 1. The van der Waals surface area contributed by atoms with Gasteiger partial charge in [0.2, 0.25) is 0 Å². The molecule has 3 atom stereocenters. The first-order valence-electron chi connectivity index (χ1n) is 7.58. The van der Waals surface area contributed by atoms with Gasteiger partial charge in [0.05, 0.1) is 0 Å². The molecule has 2 rings (SSSR count). The smallest absolute Gasteiger partial charge is 0.0417 e. The Bertz CT molecular complexity index is 399. The van der Waals surface area contributed by atoms with Crippen LogP contribution in [0.25, 0.3) is 0 Å². The minimum Gasteiger partial charge on any atom is -0.311 e. The maximum Gasteiger partial charge on any atom is 0.0417 e. The standard InChI is InChI=1S/C16H28N2S/c1-6-14-9-17-15(11(2)3)10-18(14)13(5)16-8-7-12(4)19-16/h7-8,11,13-15,17H,6,9-10H2,1-5H3. The molecule has 19 heavy (non-hydrogen) atoms. The third-order valence-corrected chi connectivity index (χ3v) is 5.61. The van der Waals surface area contributed by atoms with E-state index in [1.165, 1.54) is 22.7 Å². The van der Waals surface area contributed by atoms with Crippen molar-refractivity contribution in [2.75, 3.05) is 13.1 Å². The Balaban J connectivity index is 2.13. The molecule has 2 nitrogen and oxygen atoms in total. The van der Waals surface area contributed by atoms with E-state index in [2.05, 4.69) is 57.0 Å². The van der Waals surface area contributed by atoms with E-state index in [9.17, 15) is 0 Å². The summed E-state index contributed by atoms with van der Waals surface area (Å²) in [4.78, 5) is 5.65. The summed E-state index contributed by atoms with van der Waals surface area (Å²) in [5.41, 5.74) is 0. The van der Waals surface area contributed by atoms with Crippen molar-refractivity contribution in [2.24, 2.45) is 5.92 Å². The van der Waals surface area contributed by atoms with Gasteiger partial charge < -0.3 is 5.32 Å². The molecule has 108 valence electrons. The quantitative estimate of drug-likeness (QED) is 0.902. The monoisotopic (exact) mass is 280 g/mol. The van der Waals surface area contributed by atoms with Gasteiger partial charge in [-0.05, 0) is 38.3 Å². The molecule has 2 heterocycles. The van der Waals surface area contributed by atoms with Gasteiger partial charge in [0.25, 0.3) is 0 Å². The molecule has 1 aromatic heterocycles. The maximum absolute atomic E-state index is 3.72. The van der Waals surface area contributed by atoms with Crippen molar-refractivity contribution in [3.05, 3.63) is 21.9 Å². The average Bonchev–Trinajstić information content (AvgIpc) is 2.83. The lowest BCUT2D eigenvalue weighted by Crippen LogP contribution is -2.58. The molecule has 3 heteroatoms. The highest BCUT2D eigenvalue weighted by Gasteiger charge is 2.32. The van der Waals surface area contributed by atoms with E-state index in [0.29, 0.717) is 24.0 Å².